The molecule has 0 unspecified atom stereocenters. The molecule has 8 heteroatoms. The monoisotopic (exact) mass is 340 g/mol. The van der Waals surface area contributed by atoms with E-state index >= 15 is 0 Å². The van der Waals surface area contributed by atoms with E-state index in [9.17, 15) is 4.79 Å². The zero-order chi connectivity index (χ0) is 17.6. The van der Waals surface area contributed by atoms with Crippen LogP contribution in [0.4, 0.5) is 0 Å². The molecule has 0 saturated carbocycles. The van der Waals surface area contributed by atoms with Gasteiger partial charge in [-0.05, 0) is 32.0 Å². The molecule has 0 bridgehead atoms. The van der Waals surface area contributed by atoms with Crippen LogP contribution in [0.25, 0.3) is 11.0 Å². The first-order valence-corrected chi connectivity index (χ1v) is 8.26. The van der Waals surface area contributed by atoms with Crippen molar-refractivity contribution in [2.75, 3.05) is 19.7 Å². The number of fused-ring (bicyclic) bond motifs is 1. The number of aryl methyl sites for hydroxylation is 3. The summed E-state index contributed by atoms with van der Waals surface area (Å²) in [5.41, 5.74) is 2.49. The quantitative estimate of drug-likeness (QED) is 0.764. The van der Waals surface area contributed by atoms with Crippen molar-refractivity contribution in [3.8, 4) is 0 Å². The molecule has 1 fully saturated rings. The smallest absolute Gasteiger partial charge is 0.254 e. The van der Waals surface area contributed by atoms with Crippen molar-refractivity contribution >= 4 is 16.9 Å². The Hall–Kier alpha value is -2.74. The van der Waals surface area contributed by atoms with Crippen molar-refractivity contribution in [1.29, 1.82) is 0 Å². The van der Waals surface area contributed by atoms with Gasteiger partial charge in [-0.2, -0.15) is 5.10 Å². The average Bonchev–Trinajstić information content (AvgIpc) is 3.18. The van der Waals surface area contributed by atoms with Crippen molar-refractivity contribution in [3.05, 3.63) is 41.2 Å². The second-order valence-electron chi connectivity index (χ2n) is 6.31. The van der Waals surface area contributed by atoms with Crippen molar-refractivity contribution in [1.82, 2.24) is 29.6 Å². The maximum atomic E-state index is 12.9. The van der Waals surface area contributed by atoms with E-state index in [1.807, 2.05) is 43.7 Å². The molecule has 4 rings (SSSR count). The Bertz CT molecular complexity index is 944. The Balaban J connectivity index is 1.57. The summed E-state index contributed by atoms with van der Waals surface area (Å²) in [7, 11) is 1.97. The molecule has 1 aliphatic heterocycles. The van der Waals surface area contributed by atoms with Gasteiger partial charge in [0, 0.05) is 19.2 Å². The third-order valence-corrected chi connectivity index (χ3v) is 4.61. The number of hydrogen-bond acceptors (Lipinski definition) is 5. The number of nitrogens with one attached hydrogen (secondary N) is 1. The summed E-state index contributed by atoms with van der Waals surface area (Å²) < 4.78 is 7.74. The maximum Gasteiger partial charge on any atom is 0.254 e. The lowest BCUT2D eigenvalue weighted by Crippen LogP contribution is -2.42. The van der Waals surface area contributed by atoms with Crippen LogP contribution in [-0.4, -0.2) is 55.2 Å². The van der Waals surface area contributed by atoms with Crippen LogP contribution in [0.1, 0.15) is 33.9 Å². The van der Waals surface area contributed by atoms with Crippen molar-refractivity contribution < 1.29 is 9.53 Å². The summed E-state index contributed by atoms with van der Waals surface area (Å²) >= 11 is 0. The van der Waals surface area contributed by atoms with Crippen LogP contribution >= 0.6 is 0 Å². The number of imidazole rings is 1. The Labute approximate surface area is 144 Å². The maximum absolute atomic E-state index is 12.9. The topological polar surface area (TPSA) is 88.9 Å². The molecule has 8 nitrogen and oxygen atoms in total. The molecule has 1 atom stereocenters. The molecule has 2 aromatic heterocycles. The molecule has 1 saturated heterocycles. The van der Waals surface area contributed by atoms with E-state index in [0.717, 1.165) is 22.7 Å². The van der Waals surface area contributed by atoms with Gasteiger partial charge < -0.3 is 14.2 Å². The third kappa shape index (κ3) is 2.78. The predicted octanol–water partition coefficient (Wildman–Crippen LogP) is 1.52. The highest BCUT2D eigenvalue weighted by molar-refractivity contribution is 5.97. The number of amides is 1. The fourth-order valence-electron chi connectivity index (χ4n) is 3.13. The minimum Gasteiger partial charge on any atom is -0.366 e. The number of aromatic amines is 1. The molecule has 25 heavy (non-hydrogen) atoms. The van der Waals surface area contributed by atoms with Gasteiger partial charge in [0.25, 0.3) is 5.91 Å². The first kappa shape index (κ1) is 15.8. The van der Waals surface area contributed by atoms with E-state index in [1.165, 1.54) is 0 Å². The second kappa shape index (κ2) is 5.96. The lowest BCUT2D eigenvalue weighted by Gasteiger charge is -2.31. The van der Waals surface area contributed by atoms with Gasteiger partial charge in [0.15, 0.2) is 5.82 Å². The zero-order valence-electron chi connectivity index (χ0n) is 14.5. The lowest BCUT2D eigenvalue weighted by molar-refractivity contribution is -0.0266. The molecular weight excluding hydrogens is 320 g/mol. The molecule has 3 heterocycles. The molecule has 0 spiro atoms. The summed E-state index contributed by atoms with van der Waals surface area (Å²) in [6, 6.07) is 5.65. The third-order valence-electron chi connectivity index (χ3n) is 4.61. The van der Waals surface area contributed by atoms with Crippen molar-refractivity contribution in [3.63, 3.8) is 0 Å². The van der Waals surface area contributed by atoms with Crippen LogP contribution in [0.3, 0.4) is 0 Å². The van der Waals surface area contributed by atoms with Crippen LogP contribution in [0.15, 0.2) is 18.2 Å². The Kier molecular flexibility index (Phi) is 3.76. The molecule has 3 aromatic rings. The minimum atomic E-state index is -0.302. The number of morpholine rings is 1. The van der Waals surface area contributed by atoms with Gasteiger partial charge in [0.1, 0.15) is 17.8 Å². The van der Waals surface area contributed by atoms with E-state index in [-0.39, 0.29) is 12.0 Å². The van der Waals surface area contributed by atoms with Gasteiger partial charge in [-0.1, -0.05) is 0 Å². The van der Waals surface area contributed by atoms with E-state index < -0.39 is 0 Å². The standard InChI is InChI=1S/C17H20N6O2/c1-10-18-16(21-20-10)15-9-23(6-7-25-15)17(24)12-4-5-14-13(8-12)19-11(2)22(14)3/h4-5,8,15H,6-7,9H2,1-3H3,(H,18,20,21)/t15-/m1/s1. The van der Waals surface area contributed by atoms with Crippen LogP contribution in [-0.2, 0) is 11.8 Å². The first-order chi connectivity index (χ1) is 12.0. The van der Waals surface area contributed by atoms with Gasteiger partial charge in [-0.15, -0.1) is 0 Å². The molecule has 130 valence electrons. The van der Waals surface area contributed by atoms with Crippen LogP contribution < -0.4 is 0 Å². The molecule has 0 aliphatic carbocycles. The number of benzene rings is 1. The second-order valence-corrected chi connectivity index (χ2v) is 6.31. The first-order valence-electron chi connectivity index (χ1n) is 8.26. The summed E-state index contributed by atoms with van der Waals surface area (Å²) in [4.78, 5) is 23.5. The minimum absolute atomic E-state index is 0.0224. The highest BCUT2D eigenvalue weighted by Gasteiger charge is 2.28. The van der Waals surface area contributed by atoms with Gasteiger partial charge in [0.2, 0.25) is 0 Å². The highest BCUT2D eigenvalue weighted by Crippen LogP contribution is 2.22. The summed E-state index contributed by atoms with van der Waals surface area (Å²) in [5.74, 6) is 2.22. The summed E-state index contributed by atoms with van der Waals surface area (Å²) in [5, 5.41) is 6.96. The summed E-state index contributed by atoms with van der Waals surface area (Å²) in [6.45, 7) is 5.25. The number of aromatic nitrogens is 5. The molecule has 1 aliphatic rings. The lowest BCUT2D eigenvalue weighted by atomic mass is 10.1. The highest BCUT2D eigenvalue weighted by atomic mass is 16.5. The molecule has 1 N–H and O–H groups in total. The van der Waals surface area contributed by atoms with Crippen LogP contribution in [0, 0.1) is 13.8 Å². The number of rotatable bonds is 2. The molecule has 1 aromatic carbocycles. The van der Waals surface area contributed by atoms with E-state index in [4.69, 9.17) is 4.74 Å². The van der Waals surface area contributed by atoms with Crippen LogP contribution in [0.5, 0.6) is 0 Å². The van der Waals surface area contributed by atoms with E-state index in [2.05, 4.69) is 20.2 Å². The Morgan fingerprint density at radius 2 is 2.16 bits per heavy atom. The Morgan fingerprint density at radius 3 is 2.92 bits per heavy atom. The zero-order valence-corrected chi connectivity index (χ0v) is 14.5. The predicted molar refractivity (Wildman–Crippen MR) is 91.2 cm³/mol. The normalized spacial score (nSPS) is 18.0. The fraction of sp³-hybridized carbons (Fsp3) is 0.412. The number of H-pyrrole nitrogens is 1. The largest absolute Gasteiger partial charge is 0.366 e. The fourth-order valence-corrected chi connectivity index (χ4v) is 3.13. The van der Waals surface area contributed by atoms with Crippen molar-refractivity contribution in [2.24, 2.45) is 7.05 Å². The van der Waals surface area contributed by atoms with E-state index in [1.54, 1.807) is 4.90 Å². The molecule has 1 amide bonds. The number of ether oxygens (including phenoxy) is 1. The SMILES string of the molecule is Cc1nc([C@H]2CN(C(=O)c3ccc4c(c3)nc(C)n4C)CCO2)n[nH]1. The molecular formula is C17H20N6O2. The number of carbonyl (C=O) groups is 1. The van der Waals surface area contributed by atoms with Crippen LogP contribution in [0.2, 0.25) is 0 Å². The van der Waals surface area contributed by atoms with Gasteiger partial charge >= 0.3 is 0 Å². The average molecular weight is 340 g/mol. The summed E-state index contributed by atoms with van der Waals surface area (Å²) in [6.07, 6.45) is -0.302. The number of hydrogen-bond donors (Lipinski definition) is 1. The van der Waals surface area contributed by atoms with E-state index in [0.29, 0.717) is 31.1 Å². The van der Waals surface area contributed by atoms with Gasteiger partial charge in [-0.25, -0.2) is 9.97 Å². The van der Waals surface area contributed by atoms with Gasteiger partial charge in [-0.3, -0.25) is 9.89 Å². The van der Waals surface area contributed by atoms with Crippen molar-refractivity contribution in [2.45, 2.75) is 20.0 Å². The Morgan fingerprint density at radius 1 is 1.32 bits per heavy atom. The number of nitrogens with zero attached hydrogens (tertiary/aromatic N) is 5. The number of carbonyl (C=O) groups excluding carboxylic acids is 1. The molecule has 0 radical (unpaired) electrons. The van der Waals surface area contributed by atoms with Gasteiger partial charge in [0.05, 0.1) is 24.2 Å².